The SMILES string of the molecule is O=C(O)CCOc1cccc(/C=C2\Cc3ccccc3C2=O)c1. The lowest BCUT2D eigenvalue weighted by molar-refractivity contribution is -0.137. The fourth-order valence-corrected chi connectivity index (χ4v) is 2.62. The van der Waals surface area contributed by atoms with Gasteiger partial charge in [-0.25, -0.2) is 0 Å². The summed E-state index contributed by atoms with van der Waals surface area (Å²) in [5.74, 6) is -0.223. The first-order valence-electron chi connectivity index (χ1n) is 7.41. The Kier molecular flexibility index (Phi) is 4.24. The predicted molar refractivity (Wildman–Crippen MR) is 86.6 cm³/mol. The molecule has 0 amide bonds. The average molecular weight is 308 g/mol. The normalized spacial score (nSPS) is 14.8. The third kappa shape index (κ3) is 3.48. The van der Waals surface area contributed by atoms with E-state index in [0.29, 0.717) is 12.2 Å². The molecule has 1 aliphatic rings. The minimum Gasteiger partial charge on any atom is -0.493 e. The van der Waals surface area contributed by atoms with Gasteiger partial charge in [0.25, 0.3) is 0 Å². The van der Waals surface area contributed by atoms with E-state index in [0.717, 1.165) is 22.3 Å². The third-order valence-electron chi connectivity index (χ3n) is 3.72. The van der Waals surface area contributed by atoms with Gasteiger partial charge in [-0.2, -0.15) is 0 Å². The van der Waals surface area contributed by atoms with Crippen molar-refractivity contribution >= 4 is 17.8 Å². The van der Waals surface area contributed by atoms with E-state index < -0.39 is 5.97 Å². The molecule has 0 fully saturated rings. The lowest BCUT2D eigenvalue weighted by Gasteiger charge is -2.05. The molecular weight excluding hydrogens is 292 g/mol. The van der Waals surface area contributed by atoms with Crippen molar-refractivity contribution in [3.05, 3.63) is 70.8 Å². The molecule has 0 saturated carbocycles. The van der Waals surface area contributed by atoms with Crippen LogP contribution in [0.5, 0.6) is 5.75 Å². The monoisotopic (exact) mass is 308 g/mol. The number of carboxylic acids is 1. The van der Waals surface area contributed by atoms with Gasteiger partial charge in [0.1, 0.15) is 5.75 Å². The molecule has 4 nitrogen and oxygen atoms in total. The predicted octanol–water partition coefficient (Wildman–Crippen LogP) is 3.36. The van der Waals surface area contributed by atoms with Crippen molar-refractivity contribution < 1.29 is 19.4 Å². The summed E-state index contributed by atoms with van der Waals surface area (Å²) in [4.78, 5) is 22.9. The van der Waals surface area contributed by atoms with Crippen LogP contribution in [-0.4, -0.2) is 23.5 Å². The number of carbonyl (C=O) groups is 2. The largest absolute Gasteiger partial charge is 0.493 e. The smallest absolute Gasteiger partial charge is 0.306 e. The van der Waals surface area contributed by atoms with Crippen LogP contribution in [0.25, 0.3) is 6.08 Å². The van der Waals surface area contributed by atoms with Crippen LogP contribution in [0.1, 0.15) is 27.9 Å². The number of benzene rings is 2. The number of hydrogen-bond donors (Lipinski definition) is 1. The van der Waals surface area contributed by atoms with Gasteiger partial charge in [-0.3, -0.25) is 9.59 Å². The van der Waals surface area contributed by atoms with Gasteiger partial charge in [-0.1, -0.05) is 36.4 Å². The van der Waals surface area contributed by atoms with Crippen LogP contribution in [0.2, 0.25) is 0 Å². The minimum atomic E-state index is -0.891. The molecule has 1 N–H and O–H groups in total. The molecule has 0 aliphatic heterocycles. The van der Waals surface area contributed by atoms with Crippen LogP contribution in [0.3, 0.4) is 0 Å². The van der Waals surface area contributed by atoms with Crippen LogP contribution in [0.15, 0.2) is 54.1 Å². The molecule has 2 aromatic rings. The summed E-state index contributed by atoms with van der Waals surface area (Å²) >= 11 is 0. The number of fused-ring (bicyclic) bond motifs is 1. The number of Topliss-reactive ketones (excluding diaryl/α,β-unsaturated/α-hetero) is 1. The number of rotatable bonds is 5. The highest BCUT2D eigenvalue weighted by molar-refractivity contribution is 6.15. The highest BCUT2D eigenvalue weighted by atomic mass is 16.5. The number of hydrogen-bond acceptors (Lipinski definition) is 3. The maximum Gasteiger partial charge on any atom is 0.306 e. The average Bonchev–Trinajstić information content (AvgIpc) is 2.84. The summed E-state index contributed by atoms with van der Waals surface area (Å²) in [7, 11) is 0. The fraction of sp³-hybridized carbons (Fsp3) is 0.158. The van der Waals surface area contributed by atoms with Crippen molar-refractivity contribution in [3.8, 4) is 5.75 Å². The van der Waals surface area contributed by atoms with Crippen LogP contribution < -0.4 is 4.74 Å². The zero-order valence-corrected chi connectivity index (χ0v) is 12.5. The third-order valence-corrected chi connectivity index (χ3v) is 3.72. The molecule has 0 heterocycles. The number of carbonyl (C=O) groups excluding carboxylic acids is 1. The lowest BCUT2D eigenvalue weighted by Crippen LogP contribution is -2.04. The molecule has 0 spiro atoms. The van der Waals surface area contributed by atoms with Crippen molar-refractivity contribution in [2.45, 2.75) is 12.8 Å². The van der Waals surface area contributed by atoms with E-state index in [4.69, 9.17) is 9.84 Å². The second-order valence-electron chi connectivity index (χ2n) is 5.40. The van der Waals surface area contributed by atoms with Gasteiger partial charge in [-0.15, -0.1) is 0 Å². The molecule has 0 atom stereocenters. The first-order chi connectivity index (χ1) is 11.1. The first kappa shape index (κ1) is 15.0. The summed E-state index contributed by atoms with van der Waals surface area (Å²) in [6.45, 7) is 0.125. The number of allylic oxidation sites excluding steroid dienone is 1. The van der Waals surface area contributed by atoms with Gasteiger partial charge in [-0.05, 0) is 29.3 Å². The summed E-state index contributed by atoms with van der Waals surface area (Å²) in [5.41, 5.74) is 3.45. The molecule has 2 aromatic carbocycles. The van der Waals surface area contributed by atoms with Crippen molar-refractivity contribution in [3.63, 3.8) is 0 Å². The van der Waals surface area contributed by atoms with Gasteiger partial charge in [0.15, 0.2) is 5.78 Å². The topological polar surface area (TPSA) is 63.6 Å². The van der Waals surface area contributed by atoms with Crippen LogP contribution in [-0.2, 0) is 11.2 Å². The van der Waals surface area contributed by atoms with Gasteiger partial charge in [0, 0.05) is 17.6 Å². The molecule has 0 aromatic heterocycles. The van der Waals surface area contributed by atoms with Gasteiger partial charge in [0.2, 0.25) is 0 Å². The Balaban J connectivity index is 1.76. The molecule has 0 unspecified atom stereocenters. The lowest BCUT2D eigenvalue weighted by atomic mass is 10.1. The van der Waals surface area contributed by atoms with E-state index in [1.54, 1.807) is 6.07 Å². The Morgan fingerprint density at radius 3 is 2.78 bits per heavy atom. The Hall–Kier alpha value is -2.88. The zero-order chi connectivity index (χ0) is 16.2. The maximum absolute atomic E-state index is 12.4. The Labute approximate surface area is 134 Å². The Morgan fingerprint density at radius 2 is 2.00 bits per heavy atom. The maximum atomic E-state index is 12.4. The summed E-state index contributed by atoms with van der Waals surface area (Å²) < 4.78 is 5.42. The standard InChI is InChI=1S/C19H16O4/c20-18(21)8-9-23-16-6-3-4-13(11-16)10-15-12-14-5-1-2-7-17(14)19(15)22/h1-7,10-11H,8-9,12H2,(H,20,21)/b15-10+. The Morgan fingerprint density at radius 1 is 1.17 bits per heavy atom. The molecule has 0 bridgehead atoms. The van der Waals surface area contributed by atoms with Crippen LogP contribution in [0.4, 0.5) is 0 Å². The second kappa shape index (κ2) is 6.48. The summed E-state index contributed by atoms with van der Waals surface area (Å²) in [6.07, 6.45) is 2.46. The molecular formula is C19H16O4. The zero-order valence-electron chi connectivity index (χ0n) is 12.5. The fourth-order valence-electron chi connectivity index (χ4n) is 2.62. The summed E-state index contributed by atoms with van der Waals surface area (Å²) in [6, 6.07) is 14.9. The Bertz CT molecular complexity index is 789. The van der Waals surface area contributed by atoms with E-state index in [-0.39, 0.29) is 18.8 Å². The second-order valence-corrected chi connectivity index (χ2v) is 5.40. The summed E-state index contributed by atoms with van der Waals surface area (Å²) in [5, 5.41) is 8.62. The molecule has 3 rings (SSSR count). The van der Waals surface area contributed by atoms with E-state index >= 15 is 0 Å². The highest BCUT2D eigenvalue weighted by Crippen LogP contribution is 2.28. The van der Waals surface area contributed by atoms with Crippen molar-refractivity contribution in [1.82, 2.24) is 0 Å². The first-order valence-corrected chi connectivity index (χ1v) is 7.41. The van der Waals surface area contributed by atoms with Crippen molar-refractivity contribution in [2.75, 3.05) is 6.61 Å². The van der Waals surface area contributed by atoms with E-state index in [9.17, 15) is 9.59 Å². The van der Waals surface area contributed by atoms with E-state index in [2.05, 4.69) is 0 Å². The van der Waals surface area contributed by atoms with Crippen LogP contribution >= 0.6 is 0 Å². The highest BCUT2D eigenvalue weighted by Gasteiger charge is 2.23. The molecule has 0 radical (unpaired) electrons. The van der Waals surface area contributed by atoms with Crippen molar-refractivity contribution in [1.29, 1.82) is 0 Å². The molecule has 116 valence electrons. The number of ether oxygens (including phenoxy) is 1. The molecule has 0 saturated heterocycles. The molecule has 1 aliphatic carbocycles. The number of aliphatic carboxylic acids is 1. The number of carboxylic acid groups (broad SMARTS) is 1. The number of ketones is 1. The van der Waals surface area contributed by atoms with Crippen molar-refractivity contribution in [2.24, 2.45) is 0 Å². The molecule has 23 heavy (non-hydrogen) atoms. The van der Waals surface area contributed by atoms with Gasteiger partial charge >= 0.3 is 5.97 Å². The van der Waals surface area contributed by atoms with Crippen LogP contribution in [0, 0.1) is 0 Å². The molecule has 4 heteroatoms. The van der Waals surface area contributed by atoms with E-state index in [1.165, 1.54) is 0 Å². The van der Waals surface area contributed by atoms with Gasteiger partial charge in [0.05, 0.1) is 13.0 Å². The van der Waals surface area contributed by atoms with E-state index in [1.807, 2.05) is 48.5 Å². The quantitative estimate of drug-likeness (QED) is 0.860. The van der Waals surface area contributed by atoms with Gasteiger partial charge < -0.3 is 9.84 Å². The minimum absolute atomic E-state index is 0.0425.